The Morgan fingerprint density at radius 2 is 1.85 bits per heavy atom. The van der Waals surface area contributed by atoms with Gasteiger partial charge in [-0.2, -0.15) is 0 Å². The highest BCUT2D eigenvalue weighted by Crippen LogP contribution is 2.25. The van der Waals surface area contributed by atoms with Crippen molar-refractivity contribution in [3.8, 4) is 0 Å². The third kappa shape index (κ3) is 4.28. The smallest absolute Gasteiger partial charge is 0.0558 e. The van der Waals surface area contributed by atoms with Gasteiger partial charge in [-0.3, -0.25) is 4.90 Å². The summed E-state index contributed by atoms with van der Waals surface area (Å²) in [4.78, 5) is 4.58. The van der Waals surface area contributed by atoms with E-state index in [-0.39, 0.29) is 13.2 Å². The van der Waals surface area contributed by atoms with E-state index in [1.54, 1.807) is 0 Å². The van der Waals surface area contributed by atoms with E-state index in [1.165, 1.54) is 5.56 Å². The first-order valence-electron chi connectivity index (χ1n) is 7.39. The Morgan fingerprint density at radius 1 is 1.15 bits per heavy atom. The number of rotatable bonds is 7. The predicted octanol–water partition coefficient (Wildman–Crippen LogP) is 0.651. The van der Waals surface area contributed by atoms with E-state index in [9.17, 15) is 5.11 Å². The molecule has 1 aromatic rings. The predicted molar refractivity (Wildman–Crippen MR) is 80.4 cm³/mol. The molecular formula is C16H26N2O2. The lowest BCUT2D eigenvalue weighted by atomic mass is 9.96. The Hall–Kier alpha value is -0.940. The van der Waals surface area contributed by atoms with E-state index in [4.69, 9.17) is 5.11 Å². The molecule has 2 rings (SSSR count). The molecule has 1 aromatic carbocycles. The number of likely N-dealkylation sites (N-methyl/N-ethyl adjacent to an activating group) is 1. The van der Waals surface area contributed by atoms with Crippen molar-refractivity contribution in [1.82, 2.24) is 9.80 Å². The molecule has 0 saturated carbocycles. The van der Waals surface area contributed by atoms with Gasteiger partial charge in [0.1, 0.15) is 0 Å². The normalized spacial score (nSPS) is 23.6. The van der Waals surface area contributed by atoms with Gasteiger partial charge in [0.05, 0.1) is 6.61 Å². The van der Waals surface area contributed by atoms with Gasteiger partial charge in [0.15, 0.2) is 0 Å². The van der Waals surface area contributed by atoms with Gasteiger partial charge in [-0.1, -0.05) is 30.3 Å². The van der Waals surface area contributed by atoms with Crippen LogP contribution in [0.25, 0.3) is 0 Å². The highest BCUT2D eigenvalue weighted by Gasteiger charge is 2.32. The lowest BCUT2D eigenvalue weighted by Crippen LogP contribution is -2.32. The zero-order chi connectivity index (χ0) is 14.4. The van der Waals surface area contributed by atoms with Crippen molar-refractivity contribution in [3.63, 3.8) is 0 Å². The minimum atomic E-state index is 0.195. The first kappa shape index (κ1) is 15.4. The second-order valence-electron chi connectivity index (χ2n) is 5.87. The third-order valence-corrected chi connectivity index (χ3v) is 4.16. The van der Waals surface area contributed by atoms with Gasteiger partial charge in [0.2, 0.25) is 0 Å². The first-order chi connectivity index (χ1) is 9.72. The SMILES string of the molecule is CN(CCO)C[C@@H]1CN(Cc2ccccc2)C[C@@H]1CO. The zero-order valence-electron chi connectivity index (χ0n) is 12.3. The number of hydrogen-bond acceptors (Lipinski definition) is 4. The van der Waals surface area contributed by atoms with Crippen LogP contribution < -0.4 is 0 Å². The van der Waals surface area contributed by atoms with E-state index in [1.807, 2.05) is 13.1 Å². The number of hydrogen-bond donors (Lipinski definition) is 2. The van der Waals surface area contributed by atoms with Crippen molar-refractivity contribution in [2.45, 2.75) is 6.54 Å². The van der Waals surface area contributed by atoms with Gasteiger partial charge in [0.25, 0.3) is 0 Å². The van der Waals surface area contributed by atoms with Gasteiger partial charge in [-0.25, -0.2) is 0 Å². The molecule has 1 aliphatic rings. The molecular weight excluding hydrogens is 252 g/mol. The van der Waals surface area contributed by atoms with Crippen LogP contribution in [0.4, 0.5) is 0 Å². The van der Waals surface area contributed by atoms with Crippen LogP contribution in [0.5, 0.6) is 0 Å². The summed E-state index contributed by atoms with van der Waals surface area (Å²) in [7, 11) is 2.03. The van der Waals surface area contributed by atoms with E-state index >= 15 is 0 Å². The number of nitrogens with zero attached hydrogens (tertiary/aromatic N) is 2. The first-order valence-corrected chi connectivity index (χ1v) is 7.39. The van der Waals surface area contributed by atoms with E-state index in [2.05, 4.69) is 34.1 Å². The van der Waals surface area contributed by atoms with Crippen LogP contribution in [0.3, 0.4) is 0 Å². The van der Waals surface area contributed by atoms with E-state index < -0.39 is 0 Å². The van der Waals surface area contributed by atoms with Gasteiger partial charge < -0.3 is 15.1 Å². The number of likely N-dealkylation sites (tertiary alicyclic amines) is 1. The van der Waals surface area contributed by atoms with Crippen LogP contribution in [0, 0.1) is 11.8 Å². The summed E-state index contributed by atoms with van der Waals surface area (Å²) < 4.78 is 0. The molecule has 0 aromatic heterocycles. The van der Waals surface area contributed by atoms with Crippen molar-refractivity contribution >= 4 is 0 Å². The molecule has 4 nitrogen and oxygen atoms in total. The zero-order valence-corrected chi connectivity index (χ0v) is 12.3. The van der Waals surface area contributed by atoms with E-state index in [0.29, 0.717) is 18.4 Å². The molecule has 1 fully saturated rings. The summed E-state index contributed by atoms with van der Waals surface area (Å²) in [6.45, 7) is 5.03. The fourth-order valence-corrected chi connectivity index (χ4v) is 3.08. The van der Waals surface area contributed by atoms with E-state index in [0.717, 1.165) is 26.2 Å². The maximum absolute atomic E-state index is 9.57. The molecule has 4 heteroatoms. The van der Waals surface area contributed by atoms with Crippen molar-refractivity contribution < 1.29 is 10.2 Å². The van der Waals surface area contributed by atoms with Crippen molar-refractivity contribution in [2.75, 3.05) is 46.4 Å². The lowest BCUT2D eigenvalue weighted by Gasteiger charge is -2.23. The quantitative estimate of drug-likeness (QED) is 0.769. The lowest BCUT2D eigenvalue weighted by molar-refractivity contribution is 0.160. The Morgan fingerprint density at radius 3 is 2.50 bits per heavy atom. The van der Waals surface area contributed by atoms with Crippen LogP contribution in [-0.4, -0.2) is 66.5 Å². The summed E-state index contributed by atoms with van der Waals surface area (Å²) in [6, 6.07) is 10.5. The third-order valence-electron chi connectivity index (χ3n) is 4.16. The maximum Gasteiger partial charge on any atom is 0.0558 e. The average molecular weight is 278 g/mol. The molecule has 0 unspecified atom stereocenters. The van der Waals surface area contributed by atoms with Gasteiger partial charge in [0, 0.05) is 39.3 Å². The Kier molecular flexibility index (Phi) is 5.98. The Balaban J connectivity index is 1.88. The molecule has 1 heterocycles. The molecule has 2 atom stereocenters. The average Bonchev–Trinajstić information content (AvgIpc) is 2.82. The molecule has 1 saturated heterocycles. The Labute approximate surface area is 121 Å². The van der Waals surface area contributed by atoms with Crippen LogP contribution in [0.15, 0.2) is 30.3 Å². The molecule has 0 amide bonds. The summed E-state index contributed by atoms with van der Waals surface area (Å²) in [5.41, 5.74) is 1.33. The van der Waals surface area contributed by atoms with Crippen LogP contribution >= 0.6 is 0 Å². The molecule has 20 heavy (non-hydrogen) atoms. The fourth-order valence-electron chi connectivity index (χ4n) is 3.08. The molecule has 0 radical (unpaired) electrons. The van der Waals surface area contributed by atoms with Crippen molar-refractivity contribution in [2.24, 2.45) is 11.8 Å². The summed E-state index contributed by atoms with van der Waals surface area (Å²) in [6.07, 6.45) is 0. The van der Waals surface area contributed by atoms with Crippen LogP contribution in [-0.2, 0) is 6.54 Å². The highest BCUT2D eigenvalue weighted by atomic mass is 16.3. The van der Waals surface area contributed by atoms with Crippen molar-refractivity contribution in [1.29, 1.82) is 0 Å². The van der Waals surface area contributed by atoms with Crippen molar-refractivity contribution in [3.05, 3.63) is 35.9 Å². The largest absolute Gasteiger partial charge is 0.396 e. The molecule has 2 N–H and O–H groups in total. The molecule has 0 aliphatic carbocycles. The molecule has 0 spiro atoms. The highest BCUT2D eigenvalue weighted by molar-refractivity contribution is 5.14. The molecule has 112 valence electrons. The monoisotopic (exact) mass is 278 g/mol. The molecule has 1 aliphatic heterocycles. The minimum Gasteiger partial charge on any atom is -0.396 e. The topological polar surface area (TPSA) is 46.9 Å². The minimum absolute atomic E-state index is 0.195. The number of aliphatic hydroxyl groups excluding tert-OH is 2. The molecule has 0 bridgehead atoms. The summed E-state index contributed by atoms with van der Waals surface area (Å²) >= 11 is 0. The Bertz CT molecular complexity index is 385. The summed E-state index contributed by atoms with van der Waals surface area (Å²) in [5.74, 6) is 0.833. The second-order valence-corrected chi connectivity index (χ2v) is 5.87. The van der Waals surface area contributed by atoms with Crippen LogP contribution in [0.2, 0.25) is 0 Å². The standard InChI is InChI=1S/C16H26N2O2/c1-17(7-8-19)10-15-11-18(12-16(15)13-20)9-14-5-3-2-4-6-14/h2-6,15-16,19-20H,7-13H2,1H3/t15-,16-/m1/s1. The van der Waals surface area contributed by atoms with Gasteiger partial charge in [-0.05, 0) is 24.4 Å². The van der Waals surface area contributed by atoms with Crippen LogP contribution in [0.1, 0.15) is 5.56 Å². The summed E-state index contributed by atoms with van der Waals surface area (Å²) in [5, 5.41) is 18.5. The maximum atomic E-state index is 9.57. The number of aliphatic hydroxyl groups is 2. The second kappa shape index (κ2) is 7.74. The number of benzene rings is 1. The van der Waals surface area contributed by atoms with Gasteiger partial charge >= 0.3 is 0 Å². The fraction of sp³-hybridized carbons (Fsp3) is 0.625. The van der Waals surface area contributed by atoms with Gasteiger partial charge in [-0.15, -0.1) is 0 Å².